The quantitative estimate of drug-likeness (QED) is 0.829. The molecule has 1 aliphatic rings. The van der Waals surface area contributed by atoms with E-state index in [2.05, 4.69) is 49.5 Å². The van der Waals surface area contributed by atoms with Gasteiger partial charge < -0.3 is 4.90 Å². The van der Waals surface area contributed by atoms with E-state index in [1.165, 1.54) is 0 Å². The summed E-state index contributed by atoms with van der Waals surface area (Å²) in [5.74, 6) is 0.978. The van der Waals surface area contributed by atoms with Crippen molar-refractivity contribution in [2.45, 2.75) is 19.9 Å². The van der Waals surface area contributed by atoms with Crippen molar-refractivity contribution in [3.05, 3.63) is 17.0 Å². The van der Waals surface area contributed by atoms with Crippen LogP contribution in [0.3, 0.4) is 0 Å². The average molecular weight is 285 g/mol. The molecule has 1 aliphatic heterocycles. The van der Waals surface area contributed by atoms with Gasteiger partial charge in [0.25, 0.3) is 0 Å². The number of nitrogens with zero attached hydrogens (tertiary/aromatic N) is 4. The molecule has 4 nitrogen and oxygen atoms in total. The van der Waals surface area contributed by atoms with Crippen LogP contribution < -0.4 is 4.90 Å². The van der Waals surface area contributed by atoms with E-state index in [0.29, 0.717) is 6.04 Å². The molecule has 1 aromatic rings. The Kier molecular flexibility index (Phi) is 3.76. The minimum Gasteiger partial charge on any atom is -0.353 e. The minimum atomic E-state index is 0.637. The molecular formula is C11H17BrN4. The summed E-state index contributed by atoms with van der Waals surface area (Å²) in [4.78, 5) is 13.4. The molecule has 0 spiro atoms. The zero-order valence-corrected chi connectivity index (χ0v) is 11.3. The lowest BCUT2D eigenvalue weighted by atomic mass is 10.2. The average Bonchev–Trinajstić information content (AvgIpc) is 2.30. The molecule has 16 heavy (non-hydrogen) atoms. The van der Waals surface area contributed by atoms with Gasteiger partial charge in [-0.05, 0) is 29.8 Å². The van der Waals surface area contributed by atoms with Gasteiger partial charge >= 0.3 is 0 Å². The van der Waals surface area contributed by atoms with Crippen molar-refractivity contribution >= 4 is 21.7 Å². The Labute approximate surface area is 105 Å². The molecule has 5 heteroatoms. The first-order chi connectivity index (χ1) is 7.66. The van der Waals surface area contributed by atoms with Gasteiger partial charge in [0.1, 0.15) is 10.4 Å². The summed E-state index contributed by atoms with van der Waals surface area (Å²) >= 11 is 3.30. The Morgan fingerprint density at radius 2 is 1.81 bits per heavy atom. The third-order valence-electron chi connectivity index (χ3n) is 2.98. The molecule has 0 amide bonds. The van der Waals surface area contributed by atoms with Crippen molar-refractivity contribution in [2.24, 2.45) is 0 Å². The van der Waals surface area contributed by atoms with Gasteiger partial charge in [0.15, 0.2) is 0 Å². The van der Waals surface area contributed by atoms with E-state index in [4.69, 9.17) is 0 Å². The molecule has 0 aliphatic carbocycles. The molecule has 0 unspecified atom stereocenters. The third-order valence-corrected chi connectivity index (χ3v) is 3.38. The minimum absolute atomic E-state index is 0.637. The monoisotopic (exact) mass is 284 g/mol. The molecule has 88 valence electrons. The molecule has 2 rings (SSSR count). The summed E-state index contributed by atoms with van der Waals surface area (Å²) in [6.45, 7) is 8.78. The molecule has 0 radical (unpaired) electrons. The molecule has 1 aromatic heterocycles. The van der Waals surface area contributed by atoms with E-state index in [1.807, 2.05) is 6.20 Å². The standard InChI is InChI=1S/C11H17BrN4/c1-9(2)15-3-5-16(6-4-15)11-8-13-10(12)7-14-11/h7-9H,3-6H2,1-2H3. The van der Waals surface area contributed by atoms with Gasteiger partial charge in [-0.3, -0.25) is 4.90 Å². The van der Waals surface area contributed by atoms with E-state index < -0.39 is 0 Å². The molecule has 0 saturated carbocycles. The summed E-state index contributed by atoms with van der Waals surface area (Å²) in [5.41, 5.74) is 0. The highest BCUT2D eigenvalue weighted by molar-refractivity contribution is 9.10. The van der Waals surface area contributed by atoms with Crippen molar-refractivity contribution in [1.29, 1.82) is 0 Å². The van der Waals surface area contributed by atoms with Crippen LogP contribution in [-0.2, 0) is 0 Å². The summed E-state index contributed by atoms with van der Waals surface area (Å²) in [5, 5.41) is 0. The van der Waals surface area contributed by atoms with Gasteiger partial charge in [-0.25, -0.2) is 9.97 Å². The second kappa shape index (κ2) is 5.10. The predicted octanol–water partition coefficient (Wildman–Crippen LogP) is 1.77. The highest BCUT2D eigenvalue weighted by Crippen LogP contribution is 2.14. The van der Waals surface area contributed by atoms with Crippen LogP contribution in [-0.4, -0.2) is 47.1 Å². The van der Waals surface area contributed by atoms with Gasteiger partial charge in [-0.15, -0.1) is 0 Å². The fourth-order valence-electron chi connectivity index (χ4n) is 1.94. The highest BCUT2D eigenvalue weighted by Gasteiger charge is 2.19. The Bertz CT molecular complexity index is 330. The van der Waals surface area contributed by atoms with E-state index >= 15 is 0 Å². The Morgan fingerprint density at radius 1 is 1.12 bits per heavy atom. The molecule has 0 N–H and O–H groups in total. The third kappa shape index (κ3) is 2.71. The van der Waals surface area contributed by atoms with Gasteiger partial charge in [-0.2, -0.15) is 0 Å². The van der Waals surface area contributed by atoms with E-state index in [-0.39, 0.29) is 0 Å². The van der Waals surface area contributed by atoms with E-state index in [1.54, 1.807) is 6.20 Å². The maximum Gasteiger partial charge on any atom is 0.147 e. The van der Waals surface area contributed by atoms with Gasteiger partial charge in [0.2, 0.25) is 0 Å². The van der Waals surface area contributed by atoms with Crippen molar-refractivity contribution in [3.8, 4) is 0 Å². The van der Waals surface area contributed by atoms with Crippen LogP contribution in [0.25, 0.3) is 0 Å². The van der Waals surface area contributed by atoms with Crippen molar-refractivity contribution in [3.63, 3.8) is 0 Å². The largest absolute Gasteiger partial charge is 0.353 e. The summed E-state index contributed by atoms with van der Waals surface area (Å²) in [6.07, 6.45) is 3.58. The molecule has 2 heterocycles. The highest BCUT2D eigenvalue weighted by atomic mass is 79.9. The Morgan fingerprint density at radius 3 is 2.31 bits per heavy atom. The Balaban J connectivity index is 1.96. The fraction of sp³-hybridized carbons (Fsp3) is 0.636. The normalized spacial score (nSPS) is 18.1. The SMILES string of the molecule is CC(C)N1CCN(c2cnc(Br)cn2)CC1. The van der Waals surface area contributed by atoms with E-state index in [0.717, 1.165) is 36.6 Å². The van der Waals surface area contributed by atoms with Gasteiger partial charge in [0.05, 0.1) is 12.4 Å². The summed E-state index contributed by atoms with van der Waals surface area (Å²) in [6, 6.07) is 0.637. The van der Waals surface area contributed by atoms with Crippen LogP contribution in [0.15, 0.2) is 17.0 Å². The van der Waals surface area contributed by atoms with Crippen LogP contribution in [0.4, 0.5) is 5.82 Å². The van der Waals surface area contributed by atoms with Crippen LogP contribution in [0.1, 0.15) is 13.8 Å². The number of hydrogen-bond donors (Lipinski definition) is 0. The number of anilines is 1. The number of halogens is 1. The van der Waals surface area contributed by atoms with Crippen LogP contribution >= 0.6 is 15.9 Å². The zero-order chi connectivity index (χ0) is 11.5. The maximum absolute atomic E-state index is 4.37. The first-order valence-electron chi connectivity index (χ1n) is 5.63. The van der Waals surface area contributed by atoms with Gasteiger partial charge in [-0.1, -0.05) is 0 Å². The number of rotatable bonds is 2. The van der Waals surface area contributed by atoms with Crippen LogP contribution in [0.2, 0.25) is 0 Å². The smallest absolute Gasteiger partial charge is 0.147 e. The van der Waals surface area contributed by atoms with E-state index in [9.17, 15) is 0 Å². The number of hydrogen-bond acceptors (Lipinski definition) is 4. The molecule has 0 bridgehead atoms. The second-order valence-electron chi connectivity index (χ2n) is 4.31. The fourth-order valence-corrected chi connectivity index (χ4v) is 2.14. The lowest BCUT2D eigenvalue weighted by molar-refractivity contribution is 0.209. The van der Waals surface area contributed by atoms with Crippen molar-refractivity contribution < 1.29 is 0 Å². The lowest BCUT2D eigenvalue weighted by Gasteiger charge is -2.37. The van der Waals surface area contributed by atoms with Crippen molar-refractivity contribution in [2.75, 3.05) is 31.1 Å². The molecule has 1 saturated heterocycles. The first kappa shape index (κ1) is 11.8. The van der Waals surface area contributed by atoms with Gasteiger partial charge in [0, 0.05) is 32.2 Å². The Hall–Kier alpha value is -0.680. The zero-order valence-electron chi connectivity index (χ0n) is 9.73. The number of piperazine rings is 1. The van der Waals surface area contributed by atoms with Crippen LogP contribution in [0, 0.1) is 0 Å². The summed E-state index contributed by atoms with van der Waals surface area (Å²) in [7, 11) is 0. The number of aromatic nitrogens is 2. The van der Waals surface area contributed by atoms with Crippen LogP contribution in [0.5, 0.6) is 0 Å². The lowest BCUT2D eigenvalue weighted by Crippen LogP contribution is -2.49. The molecular weight excluding hydrogens is 268 g/mol. The molecule has 0 atom stereocenters. The molecule has 0 aromatic carbocycles. The maximum atomic E-state index is 4.37. The molecule has 1 fully saturated rings. The summed E-state index contributed by atoms with van der Waals surface area (Å²) < 4.78 is 0.789. The first-order valence-corrected chi connectivity index (χ1v) is 6.42. The predicted molar refractivity (Wildman–Crippen MR) is 68.7 cm³/mol. The second-order valence-corrected chi connectivity index (χ2v) is 5.13. The van der Waals surface area contributed by atoms with Crippen molar-refractivity contribution in [1.82, 2.24) is 14.9 Å². The topological polar surface area (TPSA) is 32.3 Å².